The Balaban J connectivity index is 2.92. The van der Waals surface area contributed by atoms with Crippen molar-refractivity contribution in [2.45, 2.75) is 44.3 Å². The van der Waals surface area contributed by atoms with Crippen LogP contribution in [-0.2, 0) is 0 Å². The van der Waals surface area contributed by atoms with E-state index in [1.165, 1.54) is 21.8 Å². The molecule has 0 nitrogen and oxygen atoms in total. The van der Waals surface area contributed by atoms with Gasteiger partial charge in [0.25, 0.3) is 0 Å². The molecular formula is C8H14Cl4Te2. The summed E-state index contributed by atoms with van der Waals surface area (Å²) in [6.07, 6.45) is 4.37. The average molecular weight is 507 g/mol. The third-order valence-corrected chi connectivity index (χ3v) is 14.9. The van der Waals surface area contributed by atoms with Crippen molar-refractivity contribution in [2.24, 2.45) is 0 Å². The SMILES string of the molecule is ClC(Cl)CCC[Te][Te]CCCC(Cl)Cl. The van der Waals surface area contributed by atoms with E-state index in [0.717, 1.165) is 12.8 Å². The monoisotopic (exact) mass is 510 g/mol. The number of hydrogen-bond acceptors (Lipinski definition) is 0. The average Bonchev–Trinajstić information content (AvgIpc) is 2.08. The fourth-order valence-electron chi connectivity index (χ4n) is 0.711. The summed E-state index contributed by atoms with van der Waals surface area (Å²) < 4.78 is 2.82. The van der Waals surface area contributed by atoms with Crippen LogP contribution in [0, 0.1) is 0 Å². The molecule has 6 heteroatoms. The van der Waals surface area contributed by atoms with Gasteiger partial charge in [0.1, 0.15) is 0 Å². The van der Waals surface area contributed by atoms with Crippen molar-refractivity contribution in [3.63, 3.8) is 0 Å². The van der Waals surface area contributed by atoms with E-state index < -0.39 is 0 Å². The van der Waals surface area contributed by atoms with E-state index in [2.05, 4.69) is 0 Å². The molecule has 0 unspecified atom stereocenters. The van der Waals surface area contributed by atoms with Crippen LogP contribution in [-0.4, -0.2) is 43.8 Å². The van der Waals surface area contributed by atoms with E-state index in [-0.39, 0.29) is 9.67 Å². The maximum atomic E-state index is 5.64. The fraction of sp³-hybridized carbons (Fsp3) is 1.00. The third kappa shape index (κ3) is 14.7. The van der Waals surface area contributed by atoms with Crippen LogP contribution in [0.25, 0.3) is 0 Å². The fourth-order valence-corrected chi connectivity index (χ4v) is 12.7. The van der Waals surface area contributed by atoms with Crippen LogP contribution in [0.4, 0.5) is 0 Å². The van der Waals surface area contributed by atoms with Gasteiger partial charge in [-0.1, -0.05) is 0 Å². The first kappa shape index (κ1) is 16.7. The molecule has 0 aliphatic carbocycles. The summed E-state index contributed by atoms with van der Waals surface area (Å²) in [5.41, 5.74) is 0. The molecule has 0 saturated heterocycles. The molecule has 14 heavy (non-hydrogen) atoms. The Morgan fingerprint density at radius 2 is 1.07 bits per heavy atom. The molecule has 0 aliphatic heterocycles. The molecule has 0 aromatic carbocycles. The van der Waals surface area contributed by atoms with E-state index in [0.29, 0.717) is 34.1 Å². The van der Waals surface area contributed by atoms with Gasteiger partial charge in [0.05, 0.1) is 0 Å². The molecule has 0 aromatic rings. The molecule has 0 bridgehead atoms. The number of hydrogen-bond donors (Lipinski definition) is 0. The Morgan fingerprint density at radius 1 is 0.714 bits per heavy atom. The van der Waals surface area contributed by atoms with Gasteiger partial charge in [0.15, 0.2) is 0 Å². The summed E-state index contributed by atoms with van der Waals surface area (Å²) in [5, 5.41) is 0. The summed E-state index contributed by atoms with van der Waals surface area (Å²) in [4.78, 5) is -0.312. The van der Waals surface area contributed by atoms with E-state index in [4.69, 9.17) is 46.4 Å². The zero-order valence-corrected chi connectivity index (χ0v) is 15.4. The standard InChI is InChI=1S/C8H14Cl4Te2/c9-7(10)3-1-5-13-14-6-2-4-8(11)12/h7-8H,1-6H2. The van der Waals surface area contributed by atoms with Gasteiger partial charge in [-0.2, -0.15) is 0 Å². The van der Waals surface area contributed by atoms with Crippen molar-refractivity contribution >= 4 is 80.5 Å². The van der Waals surface area contributed by atoms with Crippen molar-refractivity contribution < 1.29 is 0 Å². The molecule has 0 aliphatic rings. The first-order chi connectivity index (χ1) is 6.63. The minimum atomic E-state index is -0.156. The number of halogens is 4. The van der Waals surface area contributed by atoms with E-state index in [1.807, 2.05) is 0 Å². The number of alkyl halides is 4. The van der Waals surface area contributed by atoms with Gasteiger partial charge in [-0.05, 0) is 0 Å². The van der Waals surface area contributed by atoms with Crippen LogP contribution in [0.15, 0.2) is 0 Å². The predicted molar refractivity (Wildman–Crippen MR) is 70.6 cm³/mol. The van der Waals surface area contributed by atoms with Crippen LogP contribution < -0.4 is 0 Å². The maximum absolute atomic E-state index is 5.64. The Bertz CT molecular complexity index is 108. The summed E-state index contributed by atoms with van der Waals surface area (Å²) in [7, 11) is 0. The zero-order chi connectivity index (χ0) is 10.8. The van der Waals surface area contributed by atoms with Gasteiger partial charge in [0, 0.05) is 0 Å². The summed E-state index contributed by atoms with van der Waals surface area (Å²) >= 11 is 23.2. The molecule has 0 spiro atoms. The second-order valence-corrected chi connectivity index (χ2v) is 18.0. The molecule has 0 saturated carbocycles. The normalized spacial score (nSPS) is 11.6. The Labute approximate surface area is 123 Å². The second kappa shape index (κ2) is 12.2. The Morgan fingerprint density at radius 3 is 1.36 bits per heavy atom. The van der Waals surface area contributed by atoms with Crippen molar-refractivity contribution in [1.29, 1.82) is 0 Å². The first-order valence-electron chi connectivity index (χ1n) is 4.43. The second-order valence-electron chi connectivity index (χ2n) is 2.71. The van der Waals surface area contributed by atoms with Crippen LogP contribution in [0.5, 0.6) is 0 Å². The van der Waals surface area contributed by atoms with Gasteiger partial charge in [-0.25, -0.2) is 0 Å². The van der Waals surface area contributed by atoms with Crippen molar-refractivity contribution in [2.75, 3.05) is 0 Å². The topological polar surface area (TPSA) is 0 Å². The Kier molecular flexibility index (Phi) is 14.6. The van der Waals surface area contributed by atoms with E-state index in [9.17, 15) is 0 Å². The van der Waals surface area contributed by atoms with Gasteiger partial charge in [-0.3, -0.25) is 0 Å². The van der Waals surface area contributed by atoms with E-state index in [1.54, 1.807) is 0 Å². The Hall–Kier alpha value is 2.74. The molecule has 0 N–H and O–H groups in total. The van der Waals surface area contributed by atoms with Gasteiger partial charge >= 0.3 is 125 Å². The first-order valence-corrected chi connectivity index (χ1v) is 16.8. The van der Waals surface area contributed by atoms with E-state index >= 15 is 0 Å². The molecule has 0 aromatic heterocycles. The van der Waals surface area contributed by atoms with Crippen LogP contribution in [0.3, 0.4) is 0 Å². The molecule has 0 heterocycles. The van der Waals surface area contributed by atoms with Crippen LogP contribution in [0.2, 0.25) is 8.94 Å². The zero-order valence-electron chi connectivity index (χ0n) is 7.73. The minimum absolute atomic E-state index is 0.156. The quantitative estimate of drug-likeness (QED) is 0.248. The van der Waals surface area contributed by atoms with Crippen molar-refractivity contribution in [1.82, 2.24) is 0 Å². The summed E-state index contributed by atoms with van der Waals surface area (Å²) in [6, 6.07) is 0. The third-order valence-electron chi connectivity index (χ3n) is 1.38. The van der Waals surface area contributed by atoms with Crippen LogP contribution in [0.1, 0.15) is 25.7 Å². The summed E-state index contributed by atoms with van der Waals surface area (Å²) in [6.45, 7) is 0. The van der Waals surface area contributed by atoms with Crippen molar-refractivity contribution in [3.8, 4) is 0 Å². The predicted octanol–water partition coefficient (Wildman–Crippen LogP) is 4.31. The molecule has 0 atom stereocenters. The molecule has 0 amide bonds. The van der Waals surface area contributed by atoms with Crippen molar-refractivity contribution in [3.05, 3.63) is 0 Å². The molecule has 0 rings (SSSR count). The molecule has 86 valence electrons. The van der Waals surface area contributed by atoms with Gasteiger partial charge in [0.2, 0.25) is 0 Å². The number of rotatable bonds is 9. The summed E-state index contributed by atoms with van der Waals surface area (Å²) in [5.74, 6) is 0. The van der Waals surface area contributed by atoms with Gasteiger partial charge in [-0.15, -0.1) is 0 Å². The molecule has 0 radical (unpaired) electrons. The van der Waals surface area contributed by atoms with Crippen LogP contribution >= 0.6 is 46.4 Å². The molecular weight excluding hydrogens is 493 g/mol. The molecule has 0 fully saturated rings. The van der Waals surface area contributed by atoms with Gasteiger partial charge < -0.3 is 0 Å².